The fraction of sp³-hybridized carbons (Fsp3) is 0.500. The van der Waals surface area contributed by atoms with Crippen molar-refractivity contribution in [3.63, 3.8) is 0 Å². The lowest BCUT2D eigenvalue weighted by Crippen LogP contribution is -2.40. The van der Waals surface area contributed by atoms with Gasteiger partial charge in [-0.2, -0.15) is 0 Å². The Labute approximate surface area is 183 Å². The molecule has 4 heterocycles. The third-order valence-electron chi connectivity index (χ3n) is 5.91. The van der Waals surface area contributed by atoms with Crippen molar-refractivity contribution < 1.29 is 4.79 Å². The van der Waals surface area contributed by atoms with Crippen molar-refractivity contribution in [3.05, 3.63) is 46.7 Å². The predicted octanol–water partition coefficient (Wildman–Crippen LogP) is 4.80. The van der Waals surface area contributed by atoms with Gasteiger partial charge in [-0.3, -0.25) is 4.79 Å². The summed E-state index contributed by atoms with van der Waals surface area (Å²) in [5.74, 6) is 1.54. The van der Waals surface area contributed by atoms with Gasteiger partial charge in [0.1, 0.15) is 9.71 Å². The average molecular weight is 425 g/mol. The Hall–Kier alpha value is -2.18. The minimum Gasteiger partial charge on any atom is -0.351 e. The molecule has 6 heteroatoms. The summed E-state index contributed by atoms with van der Waals surface area (Å²) >= 11 is 1.49. The first-order valence-electron chi connectivity index (χ1n) is 11.0. The second kappa shape index (κ2) is 8.90. The number of hydrogen-bond acceptors (Lipinski definition) is 4. The number of likely N-dealkylation sites (tertiary alicyclic amines) is 1. The molecule has 2 atom stereocenters. The topological polar surface area (TPSA) is 50.2 Å². The highest BCUT2D eigenvalue weighted by Crippen LogP contribution is 2.35. The highest BCUT2D eigenvalue weighted by Gasteiger charge is 2.23. The Balaban J connectivity index is 1.48. The van der Waals surface area contributed by atoms with Gasteiger partial charge in [0.15, 0.2) is 0 Å². The molecule has 1 fully saturated rings. The summed E-state index contributed by atoms with van der Waals surface area (Å²) in [5.41, 5.74) is 3.09. The molecule has 1 N–H and O–H groups in total. The normalized spacial score (nSPS) is 20.0. The molecule has 0 bridgehead atoms. The van der Waals surface area contributed by atoms with Crippen LogP contribution in [0, 0.1) is 25.7 Å². The van der Waals surface area contributed by atoms with E-state index in [9.17, 15) is 4.79 Å². The summed E-state index contributed by atoms with van der Waals surface area (Å²) in [6.45, 7) is 12.9. The molecule has 0 aromatic carbocycles. The lowest BCUT2D eigenvalue weighted by Gasteiger charge is -2.34. The van der Waals surface area contributed by atoms with Gasteiger partial charge in [0.05, 0.1) is 5.69 Å². The number of aryl methyl sites for hydroxylation is 2. The molecule has 1 aliphatic rings. The van der Waals surface area contributed by atoms with Crippen LogP contribution in [0.1, 0.15) is 47.6 Å². The molecule has 0 radical (unpaired) electrons. The van der Waals surface area contributed by atoms with Crippen molar-refractivity contribution in [2.24, 2.45) is 11.8 Å². The molecule has 0 saturated carbocycles. The highest BCUT2D eigenvalue weighted by molar-refractivity contribution is 7.21. The van der Waals surface area contributed by atoms with Crippen molar-refractivity contribution in [2.45, 2.75) is 40.5 Å². The number of pyridine rings is 1. The number of hydrogen-bond donors (Lipinski definition) is 1. The van der Waals surface area contributed by atoms with Crippen molar-refractivity contribution in [2.75, 3.05) is 26.2 Å². The fourth-order valence-electron chi connectivity index (χ4n) is 4.87. The zero-order valence-corrected chi connectivity index (χ0v) is 19.3. The molecule has 3 aromatic heterocycles. The largest absolute Gasteiger partial charge is 0.351 e. The van der Waals surface area contributed by atoms with Gasteiger partial charge in [-0.1, -0.05) is 13.8 Å². The second-order valence-corrected chi connectivity index (χ2v) is 9.94. The maximum atomic E-state index is 13.1. The number of amides is 1. The molecular weight excluding hydrogens is 392 g/mol. The number of aromatic nitrogens is 2. The van der Waals surface area contributed by atoms with E-state index < -0.39 is 0 Å². The standard InChI is InChI=1S/C24H32N4OS/c1-16-12-17(2)15-27(14-16)9-7-8-25-23(29)22-21(28-10-5-6-11-28)20-18(3)13-19(4)26-24(20)30-22/h5-6,10-11,13,16-17H,7-9,12,14-15H2,1-4H3,(H,25,29)/t16-,17-/m1/s1. The van der Waals surface area contributed by atoms with E-state index in [-0.39, 0.29) is 5.91 Å². The number of nitrogens with one attached hydrogen (secondary N) is 1. The van der Waals surface area contributed by atoms with Crippen LogP contribution >= 0.6 is 11.3 Å². The van der Waals surface area contributed by atoms with Crippen molar-refractivity contribution in [1.29, 1.82) is 0 Å². The van der Waals surface area contributed by atoms with Crippen LogP contribution in [0.25, 0.3) is 15.9 Å². The summed E-state index contributed by atoms with van der Waals surface area (Å²) in [5, 5.41) is 4.23. The molecule has 30 heavy (non-hydrogen) atoms. The van der Waals surface area contributed by atoms with E-state index >= 15 is 0 Å². The number of fused-ring (bicyclic) bond motifs is 1. The zero-order chi connectivity index (χ0) is 21.3. The molecule has 5 nitrogen and oxygen atoms in total. The SMILES string of the molecule is Cc1cc(C)c2c(-n3cccc3)c(C(=O)NCCCN3C[C@H](C)C[C@@H](C)C3)sc2n1. The molecule has 0 aliphatic carbocycles. The van der Waals surface area contributed by atoms with Crippen LogP contribution < -0.4 is 5.32 Å². The number of carbonyl (C=O) groups is 1. The summed E-state index contributed by atoms with van der Waals surface area (Å²) in [4.78, 5) is 22.0. The van der Waals surface area contributed by atoms with Crippen LogP contribution in [0.4, 0.5) is 0 Å². The highest BCUT2D eigenvalue weighted by atomic mass is 32.1. The number of thiophene rings is 1. The van der Waals surface area contributed by atoms with Gasteiger partial charge in [0, 0.05) is 43.1 Å². The van der Waals surface area contributed by atoms with Gasteiger partial charge in [0.2, 0.25) is 0 Å². The summed E-state index contributed by atoms with van der Waals surface area (Å²) < 4.78 is 2.04. The van der Waals surface area contributed by atoms with Crippen LogP contribution in [-0.4, -0.2) is 46.5 Å². The minimum absolute atomic E-state index is 0.000802. The van der Waals surface area contributed by atoms with Crippen molar-refractivity contribution in [3.8, 4) is 5.69 Å². The number of nitrogens with zero attached hydrogens (tertiary/aromatic N) is 3. The minimum atomic E-state index is -0.000802. The zero-order valence-electron chi connectivity index (χ0n) is 18.4. The maximum absolute atomic E-state index is 13.1. The first-order valence-corrected chi connectivity index (χ1v) is 11.8. The summed E-state index contributed by atoms with van der Waals surface area (Å²) in [6, 6.07) is 6.07. The van der Waals surface area contributed by atoms with Gasteiger partial charge in [-0.15, -0.1) is 11.3 Å². The smallest absolute Gasteiger partial charge is 0.263 e. The van der Waals surface area contributed by atoms with Crippen molar-refractivity contribution in [1.82, 2.24) is 19.8 Å². The Kier molecular flexibility index (Phi) is 6.25. The first kappa shape index (κ1) is 21.1. The molecule has 1 amide bonds. The number of rotatable bonds is 6. The van der Waals surface area contributed by atoms with Crippen LogP contribution in [0.2, 0.25) is 0 Å². The molecule has 3 aromatic rings. The third kappa shape index (κ3) is 4.44. The van der Waals surface area contributed by atoms with E-state index in [0.29, 0.717) is 6.54 Å². The molecule has 160 valence electrons. The number of carbonyl (C=O) groups excluding carboxylic acids is 1. The Morgan fingerprint density at radius 1 is 1.20 bits per heavy atom. The lowest BCUT2D eigenvalue weighted by molar-refractivity contribution is 0.0951. The Morgan fingerprint density at radius 2 is 1.90 bits per heavy atom. The molecule has 0 unspecified atom stereocenters. The molecule has 1 aliphatic heterocycles. The first-order chi connectivity index (χ1) is 14.4. The Morgan fingerprint density at radius 3 is 2.60 bits per heavy atom. The van der Waals surface area contributed by atoms with Crippen LogP contribution in [0.15, 0.2) is 30.6 Å². The molecule has 1 saturated heterocycles. The van der Waals surface area contributed by atoms with E-state index in [2.05, 4.69) is 37.1 Å². The Bertz CT molecular complexity index is 1010. The van der Waals surface area contributed by atoms with Crippen LogP contribution in [-0.2, 0) is 0 Å². The second-order valence-electron chi connectivity index (χ2n) is 8.95. The van der Waals surface area contributed by atoms with Gasteiger partial charge < -0.3 is 14.8 Å². The predicted molar refractivity (Wildman–Crippen MR) is 125 cm³/mol. The van der Waals surface area contributed by atoms with Crippen LogP contribution in [0.3, 0.4) is 0 Å². The van der Waals surface area contributed by atoms with E-state index in [1.54, 1.807) is 0 Å². The molecule has 0 spiro atoms. The fourth-order valence-corrected chi connectivity index (χ4v) is 6.08. The van der Waals surface area contributed by atoms with E-state index in [4.69, 9.17) is 4.98 Å². The quantitative estimate of drug-likeness (QED) is 0.578. The maximum Gasteiger partial charge on any atom is 0.263 e. The van der Waals surface area contributed by atoms with E-state index in [1.165, 1.54) is 30.8 Å². The summed E-state index contributed by atoms with van der Waals surface area (Å²) in [6.07, 6.45) is 6.30. The van der Waals surface area contributed by atoms with Gasteiger partial charge >= 0.3 is 0 Å². The monoisotopic (exact) mass is 424 g/mol. The van der Waals surface area contributed by atoms with E-state index in [0.717, 1.165) is 56.8 Å². The van der Waals surface area contributed by atoms with Gasteiger partial charge in [0.25, 0.3) is 5.91 Å². The van der Waals surface area contributed by atoms with Gasteiger partial charge in [-0.05, 0) is 68.8 Å². The molecule has 4 rings (SSSR count). The van der Waals surface area contributed by atoms with E-state index in [1.807, 2.05) is 36.0 Å². The van der Waals surface area contributed by atoms with Gasteiger partial charge in [-0.25, -0.2) is 4.98 Å². The third-order valence-corrected chi connectivity index (χ3v) is 6.98. The number of piperidine rings is 1. The van der Waals surface area contributed by atoms with Crippen LogP contribution in [0.5, 0.6) is 0 Å². The summed E-state index contributed by atoms with van der Waals surface area (Å²) in [7, 11) is 0. The molecular formula is C24H32N4OS. The lowest BCUT2D eigenvalue weighted by atomic mass is 9.92. The average Bonchev–Trinajstić information content (AvgIpc) is 3.31. The van der Waals surface area contributed by atoms with Crippen molar-refractivity contribution >= 4 is 27.5 Å².